The molecule has 0 saturated carbocycles. The molecule has 0 saturated heterocycles. The van der Waals surface area contributed by atoms with E-state index in [-0.39, 0.29) is 6.61 Å². The average molecular weight is 131 g/mol. The molecule has 56 valence electrons. The third kappa shape index (κ3) is 2.82. The molecule has 2 atom stereocenters. The van der Waals surface area contributed by atoms with E-state index in [4.69, 9.17) is 10.8 Å². The van der Waals surface area contributed by atoms with Crippen LogP contribution in [0.25, 0.3) is 0 Å². The zero-order chi connectivity index (χ0) is 7.28. The Labute approximate surface area is 57.1 Å². The zero-order valence-electron chi connectivity index (χ0n) is 6.30. The lowest BCUT2D eigenvalue weighted by molar-refractivity contribution is 0.181. The van der Waals surface area contributed by atoms with E-state index in [9.17, 15) is 0 Å². The van der Waals surface area contributed by atoms with Crippen molar-refractivity contribution in [3.05, 3.63) is 0 Å². The maximum absolute atomic E-state index is 8.77. The summed E-state index contributed by atoms with van der Waals surface area (Å²) in [5, 5.41) is 8.77. The van der Waals surface area contributed by atoms with Crippen molar-refractivity contribution in [3.8, 4) is 0 Å². The van der Waals surface area contributed by atoms with Crippen LogP contribution in [0.15, 0.2) is 0 Å². The van der Waals surface area contributed by atoms with Crippen LogP contribution >= 0.6 is 0 Å². The summed E-state index contributed by atoms with van der Waals surface area (Å²) in [4.78, 5) is 0. The van der Waals surface area contributed by atoms with Crippen molar-refractivity contribution in [2.45, 2.75) is 20.3 Å². The lowest BCUT2D eigenvalue weighted by atomic mass is 9.93. The molecule has 0 heterocycles. The topological polar surface area (TPSA) is 46.2 Å². The van der Waals surface area contributed by atoms with Gasteiger partial charge >= 0.3 is 0 Å². The first-order valence-electron chi connectivity index (χ1n) is 3.57. The van der Waals surface area contributed by atoms with Crippen molar-refractivity contribution in [2.75, 3.05) is 13.2 Å². The van der Waals surface area contributed by atoms with Crippen molar-refractivity contribution in [1.29, 1.82) is 0 Å². The van der Waals surface area contributed by atoms with Crippen LogP contribution < -0.4 is 5.73 Å². The summed E-state index contributed by atoms with van der Waals surface area (Å²) in [6, 6.07) is 0. The molecule has 0 rings (SSSR count). The molecule has 0 spiro atoms. The van der Waals surface area contributed by atoms with Gasteiger partial charge in [0.15, 0.2) is 0 Å². The molecule has 0 aromatic carbocycles. The molecule has 0 amide bonds. The largest absolute Gasteiger partial charge is 0.396 e. The van der Waals surface area contributed by atoms with Crippen LogP contribution in [0.4, 0.5) is 0 Å². The van der Waals surface area contributed by atoms with Gasteiger partial charge in [0.05, 0.1) is 0 Å². The van der Waals surface area contributed by atoms with Gasteiger partial charge in [-0.05, 0) is 18.4 Å². The van der Waals surface area contributed by atoms with Crippen molar-refractivity contribution in [3.63, 3.8) is 0 Å². The predicted octanol–water partition coefficient (Wildman–Crippen LogP) is 0.600. The highest BCUT2D eigenvalue weighted by atomic mass is 16.3. The molecule has 2 nitrogen and oxygen atoms in total. The fourth-order valence-corrected chi connectivity index (χ4v) is 0.904. The van der Waals surface area contributed by atoms with Gasteiger partial charge in [0.1, 0.15) is 0 Å². The first kappa shape index (κ1) is 8.92. The lowest BCUT2D eigenvalue weighted by Crippen LogP contribution is -2.22. The van der Waals surface area contributed by atoms with E-state index in [1.807, 2.05) is 0 Å². The Morgan fingerprint density at radius 1 is 1.56 bits per heavy atom. The quantitative estimate of drug-likeness (QED) is 0.587. The van der Waals surface area contributed by atoms with Gasteiger partial charge in [-0.25, -0.2) is 0 Å². The van der Waals surface area contributed by atoms with Gasteiger partial charge in [-0.3, -0.25) is 0 Å². The summed E-state index contributed by atoms with van der Waals surface area (Å²) in [5.74, 6) is 0.856. The Balaban J connectivity index is 3.50. The van der Waals surface area contributed by atoms with Crippen LogP contribution in [0.3, 0.4) is 0 Å². The summed E-state index contributed by atoms with van der Waals surface area (Å²) >= 11 is 0. The first-order chi connectivity index (χ1) is 4.26. The number of aliphatic hydroxyl groups excluding tert-OH is 1. The van der Waals surface area contributed by atoms with Gasteiger partial charge in [0, 0.05) is 6.61 Å². The Morgan fingerprint density at radius 3 is 2.22 bits per heavy atom. The summed E-state index contributed by atoms with van der Waals surface area (Å²) < 4.78 is 0. The van der Waals surface area contributed by atoms with E-state index >= 15 is 0 Å². The first-order valence-corrected chi connectivity index (χ1v) is 3.57. The minimum Gasteiger partial charge on any atom is -0.396 e. The highest BCUT2D eigenvalue weighted by Gasteiger charge is 2.11. The number of nitrogens with two attached hydrogens (primary N) is 1. The molecule has 2 heteroatoms. The average Bonchev–Trinajstić information content (AvgIpc) is 1.90. The summed E-state index contributed by atoms with van der Waals surface area (Å²) in [6.07, 6.45) is 1.02. The van der Waals surface area contributed by atoms with E-state index in [1.54, 1.807) is 0 Å². The van der Waals surface area contributed by atoms with Crippen molar-refractivity contribution in [2.24, 2.45) is 17.6 Å². The van der Waals surface area contributed by atoms with Gasteiger partial charge in [0.25, 0.3) is 0 Å². The third-order valence-electron chi connectivity index (χ3n) is 1.94. The van der Waals surface area contributed by atoms with Gasteiger partial charge in [-0.15, -0.1) is 0 Å². The molecule has 0 aromatic rings. The minimum absolute atomic E-state index is 0.273. The summed E-state index contributed by atoms with van der Waals surface area (Å²) in [7, 11) is 0. The highest BCUT2D eigenvalue weighted by molar-refractivity contribution is 4.63. The summed E-state index contributed by atoms with van der Waals surface area (Å²) in [5.41, 5.74) is 5.41. The molecule has 0 bridgehead atoms. The maximum Gasteiger partial charge on any atom is 0.0462 e. The van der Waals surface area contributed by atoms with Crippen LogP contribution in [0.1, 0.15) is 20.3 Å². The standard InChI is InChI=1S/C7H17NO/c1-3-7(5-9)6(2)4-8/h6-7,9H,3-5,8H2,1-2H3. The molecule has 0 aliphatic heterocycles. The molecule has 9 heavy (non-hydrogen) atoms. The number of rotatable bonds is 4. The van der Waals surface area contributed by atoms with Crippen molar-refractivity contribution < 1.29 is 5.11 Å². The molecule has 2 unspecified atom stereocenters. The van der Waals surface area contributed by atoms with E-state index in [0.29, 0.717) is 18.4 Å². The van der Waals surface area contributed by atoms with Gasteiger partial charge in [0.2, 0.25) is 0 Å². The Bertz CT molecular complexity index is 61.9. The number of aliphatic hydroxyl groups is 1. The monoisotopic (exact) mass is 131 g/mol. The predicted molar refractivity (Wildman–Crippen MR) is 39.1 cm³/mol. The van der Waals surface area contributed by atoms with Crippen LogP contribution in [0.2, 0.25) is 0 Å². The molecule has 0 fully saturated rings. The molecular formula is C7H17NO. The molecule has 0 radical (unpaired) electrons. The normalized spacial score (nSPS) is 17.3. The second kappa shape index (κ2) is 4.77. The minimum atomic E-state index is 0.273. The van der Waals surface area contributed by atoms with Crippen molar-refractivity contribution >= 4 is 0 Å². The molecular weight excluding hydrogens is 114 g/mol. The van der Waals surface area contributed by atoms with Crippen LogP contribution in [0.5, 0.6) is 0 Å². The molecule has 0 aliphatic rings. The van der Waals surface area contributed by atoms with Gasteiger partial charge < -0.3 is 10.8 Å². The molecule has 3 N–H and O–H groups in total. The lowest BCUT2D eigenvalue weighted by Gasteiger charge is -2.17. The van der Waals surface area contributed by atoms with E-state index in [2.05, 4.69) is 13.8 Å². The highest BCUT2D eigenvalue weighted by Crippen LogP contribution is 2.12. The molecule has 0 aliphatic carbocycles. The van der Waals surface area contributed by atoms with Crippen LogP contribution in [-0.2, 0) is 0 Å². The molecule has 0 aromatic heterocycles. The number of hydrogen-bond acceptors (Lipinski definition) is 2. The van der Waals surface area contributed by atoms with Gasteiger partial charge in [-0.1, -0.05) is 20.3 Å². The van der Waals surface area contributed by atoms with Crippen LogP contribution in [-0.4, -0.2) is 18.3 Å². The second-order valence-corrected chi connectivity index (χ2v) is 2.56. The van der Waals surface area contributed by atoms with E-state index in [0.717, 1.165) is 6.42 Å². The smallest absolute Gasteiger partial charge is 0.0462 e. The Kier molecular flexibility index (Phi) is 4.72. The Morgan fingerprint density at radius 2 is 2.11 bits per heavy atom. The van der Waals surface area contributed by atoms with Gasteiger partial charge in [-0.2, -0.15) is 0 Å². The second-order valence-electron chi connectivity index (χ2n) is 2.56. The third-order valence-corrected chi connectivity index (χ3v) is 1.94. The maximum atomic E-state index is 8.77. The van der Waals surface area contributed by atoms with E-state index < -0.39 is 0 Å². The SMILES string of the molecule is CCC(CO)C(C)CN. The van der Waals surface area contributed by atoms with Crippen LogP contribution in [0, 0.1) is 11.8 Å². The Hall–Kier alpha value is -0.0800. The van der Waals surface area contributed by atoms with E-state index in [1.165, 1.54) is 0 Å². The zero-order valence-corrected chi connectivity index (χ0v) is 6.30. The fourth-order valence-electron chi connectivity index (χ4n) is 0.904. The fraction of sp³-hybridized carbons (Fsp3) is 1.00. The van der Waals surface area contributed by atoms with Crippen molar-refractivity contribution in [1.82, 2.24) is 0 Å². The number of hydrogen-bond donors (Lipinski definition) is 2. The summed E-state index contributed by atoms with van der Waals surface area (Å²) in [6.45, 7) is 5.10.